The molecule has 0 spiro atoms. The van der Waals surface area contributed by atoms with Crippen molar-refractivity contribution in [3.05, 3.63) is 18.5 Å². The molecule has 1 aromatic rings. The molecular formula is C7H10N3. The Kier molecular flexibility index (Phi) is 1.36. The normalized spacial score (nSPS) is 18.2. The molecule has 0 bridgehead atoms. The molecular weight excluding hydrogens is 126 g/mol. The van der Waals surface area contributed by atoms with Crippen LogP contribution in [0.5, 0.6) is 0 Å². The highest BCUT2D eigenvalue weighted by Gasteiger charge is 2.10. The highest BCUT2D eigenvalue weighted by Crippen LogP contribution is 2.11. The number of rotatable bonds is 1. The molecule has 2 heterocycles. The fourth-order valence-corrected chi connectivity index (χ4v) is 1.17. The third-order valence-corrected chi connectivity index (χ3v) is 1.68. The fraction of sp³-hybridized carbons (Fsp3) is 0.429. The lowest BCUT2D eigenvalue weighted by Crippen LogP contribution is -2.29. The highest BCUT2D eigenvalue weighted by molar-refractivity contribution is 5.42. The minimum Gasteiger partial charge on any atom is -0.358 e. The van der Waals surface area contributed by atoms with Gasteiger partial charge in [-0.25, -0.2) is 5.43 Å². The summed E-state index contributed by atoms with van der Waals surface area (Å²) in [6.45, 7) is 2.17. The number of hydrogen-bond donors (Lipinski definition) is 2. The van der Waals surface area contributed by atoms with Crippen LogP contribution in [0.15, 0.2) is 12.3 Å². The van der Waals surface area contributed by atoms with Crippen LogP contribution in [0.25, 0.3) is 0 Å². The molecule has 0 amide bonds. The molecule has 1 saturated heterocycles. The number of nitrogens with zero attached hydrogens (tertiary/aromatic N) is 1. The van der Waals surface area contributed by atoms with E-state index in [1.807, 2.05) is 12.3 Å². The average Bonchev–Trinajstić information content (AvgIpc) is 2.59. The van der Waals surface area contributed by atoms with E-state index in [9.17, 15) is 0 Å². The van der Waals surface area contributed by atoms with Gasteiger partial charge >= 0.3 is 0 Å². The van der Waals surface area contributed by atoms with Crippen LogP contribution in [-0.2, 0) is 0 Å². The summed E-state index contributed by atoms with van der Waals surface area (Å²) in [5.41, 5.74) is 4.35. The lowest BCUT2D eigenvalue weighted by Gasteiger charge is -2.14. The molecule has 2 rings (SSSR count). The van der Waals surface area contributed by atoms with Crippen LogP contribution in [0, 0.1) is 6.20 Å². The van der Waals surface area contributed by atoms with Crippen molar-refractivity contribution in [2.45, 2.75) is 6.42 Å². The maximum Gasteiger partial charge on any atom is 0.0893 e. The smallest absolute Gasteiger partial charge is 0.0893 e. The van der Waals surface area contributed by atoms with Gasteiger partial charge in [0.1, 0.15) is 0 Å². The molecule has 53 valence electrons. The molecule has 1 aliphatic rings. The maximum absolute atomic E-state index is 3.24. The number of aromatic amines is 1. The molecule has 0 unspecified atom stereocenters. The summed E-state index contributed by atoms with van der Waals surface area (Å²) in [5.74, 6) is 0. The largest absolute Gasteiger partial charge is 0.358 e. The number of hydrogen-bond acceptors (Lipinski definition) is 2. The van der Waals surface area contributed by atoms with Gasteiger partial charge in [-0.05, 0) is 12.5 Å². The van der Waals surface area contributed by atoms with Crippen molar-refractivity contribution >= 4 is 5.69 Å². The Labute approximate surface area is 60.0 Å². The van der Waals surface area contributed by atoms with E-state index in [1.54, 1.807) is 0 Å². The molecule has 0 aliphatic carbocycles. The van der Waals surface area contributed by atoms with E-state index in [2.05, 4.69) is 21.6 Å². The molecule has 1 fully saturated rings. The van der Waals surface area contributed by atoms with E-state index >= 15 is 0 Å². The first kappa shape index (κ1) is 5.80. The summed E-state index contributed by atoms with van der Waals surface area (Å²) in [7, 11) is 0. The Morgan fingerprint density at radius 1 is 1.60 bits per heavy atom. The standard InChI is InChI=1S/C7H10N3/c1-3-9-10(5-1)7-2-4-8-6-7/h2,4,8-9H,1,3,5H2. The zero-order valence-electron chi connectivity index (χ0n) is 5.72. The molecule has 1 aliphatic heterocycles. The molecule has 3 nitrogen and oxygen atoms in total. The first-order valence-electron chi connectivity index (χ1n) is 3.53. The molecule has 2 N–H and O–H groups in total. The Morgan fingerprint density at radius 2 is 2.60 bits per heavy atom. The summed E-state index contributed by atoms with van der Waals surface area (Å²) in [4.78, 5) is 2.90. The van der Waals surface area contributed by atoms with E-state index < -0.39 is 0 Å². The van der Waals surface area contributed by atoms with Gasteiger partial charge in [0, 0.05) is 19.3 Å². The van der Waals surface area contributed by atoms with Crippen LogP contribution >= 0.6 is 0 Å². The third kappa shape index (κ3) is 0.885. The summed E-state index contributed by atoms with van der Waals surface area (Å²) in [6, 6.07) is 2.01. The first-order valence-corrected chi connectivity index (χ1v) is 3.53. The van der Waals surface area contributed by atoms with Gasteiger partial charge in [0.25, 0.3) is 0 Å². The van der Waals surface area contributed by atoms with E-state index in [1.165, 1.54) is 6.42 Å². The first-order chi connectivity index (χ1) is 4.97. The predicted octanol–water partition coefficient (Wildman–Crippen LogP) is 0.530. The minimum absolute atomic E-state index is 1.08. The lowest BCUT2D eigenvalue weighted by molar-refractivity contribution is 0.787. The number of nitrogens with one attached hydrogen (secondary N) is 2. The number of H-pyrrole nitrogens is 1. The average molecular weight is 136 g/mol. The van der Waals surface area contributed by atoms with Crippen LogP contribution in [0.4, 0.5) is 5.69 Å². The van der Waals surface area contributed by atoms with E-state index in [4.69, 9.17) is 0 Å². The monoisotopic (exact) mass is 136 g/mol. The van der Waals surface area contributed by atoms with Crippen LogP contribution in [-0.4, -0.2) is 18.1 Å². The molecule has 10 heavy (non-hydrogen) atoms. The zero-order chi connectivity index (χ0) is 6.81. The quantitative estimate of drug-likeness (QED) is 0.590. The number of anilines is 1. The molecule has 3 heteroatoms. The van der Waals surface area contributed by atoms with E-state index in [0.29, 0.717) is 0 Å². The molecule has 0 saturated carbocycles. The SMILES string of the molecule is [c]1[nH]ccc1N1CCCN1. The Bertz CT molecular complexity index is 187. The van der Waals surface area contributed by atoms with Gasteiger partial charge in [0.15, 0.2) is 0 Å². The van der Waals surface area contributed by atoms with Gasteiger partial charge in [-0.2, -0.15) is 0 Å². The zero-order valence-corrected chi connectivity index (χ0v) is 5.72. The lowest BCUT2D eigenvalue weighted by atomic mass is 10.4. The second-order valence-electron chi connectivity index (χ2n) is 2.40. The minimum atomic E-state index is 1.08. The van der Waals surface area contributed by atoms with Crippen molar-refractivity contribution in [3.63, 3.8) is 0 Å². The van der Waals surface area contributed by atoms with Crippen molar-refractivity contribution in [1.29, 1.82) is 0 Å². The topological polar surface area (TPSA) is 31.1 Å². The molecule has 0 atom stereocenters. The molecule has 0 aromatic carbocycles. The van der Waals surface area contributed by atoms with Gasteiger partial charge in [-0.1, -0.05) is 0 Å². The highest BCUT2D eigenvalue weighted by atomic mass is 15.5. The van der Waals surface area contributed by atoms with Crippen molar-refractivity contribution in [2.24, 2.45) is 0 Å². The van der Waals surface area contributed by atoms with Crippen LogP contribution < -0.4 is 10.4 Å². The second kappa shape index (κ2) is 2.34. The van der Waals surface area contributed by atoms with Gasteiger partial charge in [-0.15, -0.1) is 0 Å². The Hall–Kier alpha value is -0.960. The third-order valence-electron chi connectivity index (χ3n) is 1.68. The summed E-state index contributed by atoms with van der Waals surface area (Å²) in [6.07, 6.45) is 6.12. The van der Waals surface area contributed by atoms with Crippen molar-refractivity contribution in [1.82, 2.24) is 10.4 Å². The number of aromatic nitrogens is 1. The van der Waals surface area contributed by atoms with Crippen molar-refractivity contribution < 1.29 is 0 Å². The summed E-state index contributed by atoms with van der Waals surface area (Å²) >= 11 is 0. The van der Waals surface area contributed by atoms with E-state index in [0.717, 1.165) is 18.8 Å². The summed E-state index contributed by atoms with van der Waals surface area (Å²) in [5, 5.41) is 2.11. The maximum atomic E-state index is 3.24. The van der Waals surface area contributed by atoms with Crippen molar-refractivity contribution in [3.8, 4) is 0 Å². The Morgan fingerprint density at radius 3 is 3.20 bits per heavy atom. The van der Waals surface area contributed by atoms with Crippen LogP contribution in [0.2, 0.25) is 0 Å². The van der Waals surface area contributed by atoms with Gasteiger partial charge in [-0.3, -0.25) is 0 Å². The van der Waals surface area contributed by atoms with E-state index in [-0.39, 0.29) is 0 Å². The van der Waals surface area contributed by atoms with Crippen LogP contribution in [0.1, 0.15) is 6.42 Å². The predicted molar refractivity (Wildman–Crippen MR) is 39.6 cm³/mol. The van der Waals surface area contributed by atoms with Gasteiger partial charge in [0.05, 0.1) is 11.9 Å². The molecule has 1 aromatic heterocycles. The summed E-state index contributed by atoms with van der Waals surface area (Å²) < 4.78 is 0. The van der Waals surface area contributed by atoms with Gasteiger partial charge in [0.2, 0.25) is 0 Å². The fourth-order valence-electron chi connectivity index (χ4n) is 1.17. The van der Waals surface area contributed by atoms with Gasteiger partial charge < -0.3 is 9.99 Å². The van der Waals surface area contributed by atoms with Crippen LogP contribution in [0.3, 0.4) is 0 Å². The molecule has 1 radical (unpaired) electrons. The second-order valence-corrected chi connectivity index (χ2v) is 2.40. The Balaban J connectivity index is 2.12. The van der Waals surface area contributed by atoms with Crippen molar-refractivity contribution in [2.75, 3.05) is 18.1 Å². The number of hydrazine groups is 1.